The zero-order valence-electron chi connectivity index (χ0n) is 11.4. The Morgan fingerprint density at radius 2 is 2.10 bits per heavy atom. The van der Waals surface area contributed by atoms with Crippen molar-refractivity contribution < 1.29 is 22.3 Å². The molecule has 6 heteroatoms. The summed E-state index contributed by atoms with van der Waals surface area (Å²) in [5, 5.41) is 0. The zero-order valence-corrected chi connectivity index (χ0v) is 12.2. The lowest BCUT2D eigenvalue weighted by Gasteiger charge is -2.02. The maximum absolute atomic E-state index is 10.8. The van der Waals surface area contributed by atoms with Crippen molar-refractivity contribution >= 4 is 27.8 Å². The lowest BCUT2D eigenvalue weighted by atomic mass is 10.1. The molecule has 0 spiro atoms. The summed E-state index contributed by atoms with van der Waals surface area (Å²) < 4.78 is 32.2. The summed E-state index contributed by atoms with van der Waals surface area (Å²) in [7, 11) is -3.88. The van der Waals surface area contributed by atoms with Gasteiger partial charge in [-0.1, -0.05) is 12.1 Å². The van der Waals surface area contributed by atoms with E-state index in [1.54, 1.807) is 6.07 Å². The molecular formula is C14H18NO4S+. The Bertz CT molecular complexity index is 662. The number of rotatable bonds is 6. The zero-order chi connectivity index (χ0) is 14.8. The molecule has 2 rings (SSSR count). The molecule has 1 aliphatic rings. The molecular weight excluding hydrogens is 278 g/mol. The molecule has 0 saturated heterocycles. The molecule has 1 aromatic carbocycles. The van der Waals surface area contributed by atoms with Crippen LogP contribution in [0.15, 0.2) is 18.2 Å². The summed E-state index contributed by atoms with van der Waals surface area (Å²) in [6, 6.07) is 5.63. The fourth-order valence-corrected chi connectivity index (χ4v) is 3.07. The van der Waals surface area contributed by atoms with E-state index in [0.29, 0.717) is 24.9 Å². The molecule has 1 aromatic rings. The second-order valence-electron chi connectivity index (χ2n) is 5.06. The number of carbonyl (C=O) groups is 1. The third kappa shape index (κ3) is 3.52. The maximum atomic E-state index is 10.8. The molecule has 0 amide bonds. The molecule has 108 valence electrons. The minimum atomic E-state index is -3.88. The van der Waals surface area contributed by atoms with Gasteiger partial charge in [-0.15, -0.1) is 0 Å². The van der Waals surface area contributed by atoms with Crippen LogP contribution in [0.2, 0.25) is 0 Å². The minimum absolute atomic E-state index is 0.207. The number of hydrogen-bond donors (Lipinski definition) is 1. The van der Waals surface area contributed by atoms with Crippen LogP contribution >= 0.6 is 0 Å². The van der Waals surface area contributed by atoms with Crippen molar-refractivity contribution in [1.29, 1.82) is 0 Å². The Hall–Kier alpha value is -1.53. The molecule has 20 heavy (non-hydrogen) atoms. The van der Waals surface area contributed by atoms with Gasteiger partial charge >= 0.3 is 0 Å². The van der Waals surface area contributed by atoms with Gasteiger partial charge in [0.15, 0.2) is 5.71 Å². The van der Waals surface area contributed by atoms with Crippen LogP contribution in [-0.4, -0.2) is 41.8 Å². The predicted octanol–water partition coefficient (Wildman–Crippen LogP) is 1.83. The Balaban J connectivity index is 2.06. The van der Waals surface area contributed by atoms with Gasteiger partial charge in [0.25, 0.3) is 10.1 Å². The molecule has 0 aromatic heterocycles. The highest BCUT2D eigenvalue weighted by Crippen LogP contribution is 2.27. The summed E-state index contributed by atoms with van der Waals surface area (Å²) in [4.78, 5) is 10.8. The number of carbonyl (C=O) groups excluding carboxylic acids is 1. The standard InChI is InChI=1S/C14H17NO4S/c1-11-8-13-5-4-12(10-16)9-14(13)15(11)6-2-3-7-20(17,18)19/h4-5,9-10H,2-3,6-8H2,1H3/p+1. The predicted molar refractivity (Wildman–Crippen MR) is 76.7 cm³/mol. The number of unbranched alkanes of at least 4 members (excludes halogenated alkanes) is 1. The second kappa shape index (κ2) is 5.85. The molecule has 0 bridgehead atoms. The summed E-state index contributed by atoms with van der Waals surface area (Å²) >= 11 is 0. The van der Waals surface area contributed by atoms with Crippen LogP contribution < -0.4 is 0 Å². The fraction of sp³-hybridized carbons (Fsp3) is 0.429. The van der Waals surface area contributed by atoms with Crippen LogP contribution in [-0.2, 0) is 16.5 Å². The first-order valence-electron chi connectivity index (χ1n) is 6.54. The number of benzene rings is 1. The van der Waals surface area contributed by atoms with Crippen molar-refractivity contribution in [3.05, 3.63) is 29.3 Å². The average Bonchev–Trinajstić information content (AvgIpc) is 2.68. The van der Waals surface area contributed by atoms with Crippen LogP contribution in [0, 0.1) is 0 Å². The lowest BCUT2D eigenvalue weighted by molar-refractivity contribution is -0.438. The van der Waals surface area contributed by atoms with Crippen LogP contribution in [0.5, 0.6) is 0 Å². The van der Waals surface area contributed by atoms with Crippen LogP contribution in [0.3, 0.4) is 0 Å². The van der Waals surface area contributed by atoms with Gasteiger partial charge < -0.3 is 0 Å². The van der Waals surface area contributed by atoms with Crippen LogP contribution in [0.4, 0.5) is 5.69 Å². The molecule has 5 nitrogen and oxygen atoms in total. The summed E-state index contributed by atoms with van der Waals surface area (Å²) in [6.07, 6.45) is 2.77. The molecule has 0 unspecified atom stereocenters. The SMILES string of the molecule is CC1=[N+](CCCCS(=O)(=O)O)c2cc(C=O)ccc2C1. The Morgan fingerprint density at radius 1 is 1.35 bits per heavy atom. The highest BCUT2D eigenvalue weighted by atomic mass is 32.2. The van der Waals surface area contributed by atoms with Gasteiger partial charge in [0.2, 0.25) is 5.69 Å². The van der Waals surface area contributed by atoms with Crippen molar-refractivity contribution in [1.82, 2.24) is 0 Å². The number of aldehydes is 1. The number of fused-ring (bicyclic) bond motifs is 1. The summed E-state index contributed by atoms with van der Waals surface area (Å²) in [5.41, 5.74) is 4.04. The molecule has 0 atom stereocenters. The van der Waals surface area contributed by atoms with E-state index >= 15 is 0 Å². The van der Waals surface area contributed by atoms with Crippen molar-refractivity contribution in [3.63, 3.8) is 0 Å². The van der Waals surface area contributed by atoms with E-state index < -0.39 is 10.1 Å². The van der Waals surface area contributed by atoms with E-state index in [2.05, 4.69) is 4.58 Å². The normalized spacial score (nSPS) is 14.5. The first-order chi connectivity index (χ1) is 9.40. The lowest BCUT2D eigenvalue weighted by Crippen LogP contribution is -2.13. The van der Waals surface area contributed by atoms with Crippen molar-refractivity contribution in [3.8, 4) is 0 Å². The van der Waals surface area contributed by atoms with Crippen LogP contribution in [0.1, 0.15) is 35.7 Å². The van der Waals surface area contributed by atoms with E-state index in [9.17, 15) is 13.2 Å². The molecule has 1 heterocycles. The van der Waals surface area contributed by atoms with Gasteiger partial charge in [0.05, 0.1) is 12.2 Å². The van der Waals surface area contributed by atoms with Crippen molar-refractivity contribution in [2.75, 3.05) is 12.3 Å². The number of nitrogens with zero attached hydrogens (tertiary/aromatic N) is 1. The smallest absolute Gasteiger partial charge is 0.264 e. The Kier molecular flexibility index (Phi) is 4.35. The van der Waals surface area contributed by atoms with E-state index in [1.165, 1.54) is 11.3 Å². The molecule has 0 fully saturated rings. The minimum Gasteiger partial charge on any atom is -0.298 e. The maximum Gasteiger partial charge on any atom is 0.264 e. The topological polar surface area (TPSA) is 74.4 Å². The van der Waals surface area contributed by atoms with Gasteiger partial charge in [0.1, 0.15) is 12.8 Å². The largest absolute Gasteiger partial charge is 0.298 e. The Morgan fingerprint density at radius 3 is 2.75 bits per heavy atom. The molecule has 0 radical (unpaired) electrons. The Labute approximate surface area is 118 Å². The second-order valence-corrected chi connectivity index (χ2v) is 6.63. The van der Waals surface area contributed by atoms with Gasteiger partial charge in [-0.25, -0.2) is 0 Å². The third-order valence-electron chi connectivity index (χ3n) is 3.48. The van der Waals surface area contributed by atoms with Gasteiger partial charge in [-0.3, -0.25) is 9.35 Å². The molecule has 1 aliphatic heterocycles. The number of hydrogen-bond acceptors (Lipinski definition) is 3. The highest BCUT2D eigenvalue weighted by molar-refractivity contribution is 7.85. The first kappa shape index (κ1) is 14.9. The summed E-state index contributed by atoms with van der Waals surface area (Å²) in [6.45, 7) is 2.72. The molecule has 0 aliphatic carbocycles. The molecule has 1 N–H and O–H groups in total. The van der Waals surface area contributed by atoms with E-state index in [4.69, 9.17) is 4.55 Å². The third-order valence-corrected chi connectivity index (χ3v) is 4.28. The van der Waals surface area contributed by atoms with Crippen molar-refractivity contribution in [2.45, 2.75) is 26.2 Å². The van der Waals surface area contributed by atoms with Crippen molar-refractivity contribution in [2.24, 2.45) is 0 Å². The first-order valence-corrected chi connectivity index (χ1v) is 8.15. The monoisotopic (exact) mass is 296 g/mol. The average molecular weight is 296 g/mol. The fourth-order valence-electron chi connectivity index (χ4n) is 2.50. The van der Waals surface area contributed by atoms with Crippen LogP contribution in [0.25, 0.3) is 0 Å². The molecule has 0 saturated carbocycles. The quantitative estimate of drug-likeness (QED) is 0.376. The highest BCUT2D eigenvalue weighted by Gasteiger charge is 2.26. The van der Waals surface area contributed by atoms with Gasteiger partial charge in [0, 0.05) is 30.5 Å². The van der Waals surface area contributed by atoms with Gasteiger partial charge in [-0.05, 0) is 6.42 Å². The van der Waals surface area contributed by atoms with E-state index in [-0.39, 0.29) is 5.75 Å². The van der Waals surface area contributed by atoms with E-state index in [0.717, 1.165) is 18.4 Å². The van der Waals surface area contributed by atoms with E-state index in [1.807, 2.05) is 19.1 Å². The van der Waals surface area contributed by atoms with Gasteiger partial charge in [-0.2, -0.15) is 13.0 Å². The summed E-state index contributed by atoms with van der Waals surface area (Å²) in [5.74, 6) is -0.207.